The number of aryl methyl sites for hydroxylation is 1. The molecule has 2 aromatic heterocycles. The number of amides is 1. The first-order valence-electron chi connectivity index (χ1n) is 12.3. The number of hydrogen-bond acceptors (Lipinski definition) is 5. The van der Waals surface area contributed by atoms with Gasteiger partial charge in [-0.1, -0.05) is 0 Å². The fourth-order valence-electron chi connectivity index (χ4n) is 4.00. The van der Waals surface area contributed by atoms with Gasteiger partial charge in [0.05, 0.1) is 0 Å². The van der Waals surface area contributed by atoms with Crippen LogP contribution in [0.25, 0.3) is 10.9 Å². The third kappa shape index (κ3) is 9.04. The number of likely N-dealkylation sites (N-methyl/N-ethyl adjacent to an activating group) is 1. The second kappa shape index (κ2) is 13.8. The largest absolute Gasteiger partial charge is 0.481 e. The number of aromatic nitrogens is 2. The minimum Gasteiger partial charge on any atom is -0.481 e. The van der Waals surface area contributed by atoms with E-state index in [9.17, 15) is 18.8 Å². The quantitative estimate of drug-likeness (QED) is 0.220. The number of fused-ring (bicyclic) bond motifs is 1. The summed E-state index contributed by atoms with van der Waals surface area (Å²) in [6.45, 7) is 4.00. The molecule has 0 spiro atoms. The van der Waals surface area contributed by atoms with E-state index in [4.69, 9.17) is 10.2 Å². The molecule has 39 heavy (non-hydrogen) atoms. The lowest BCUT2D eigenvalue weighted by molar-refractivity contribution is -0.147. The fraction of sp³-hybridized carbons (Fsp3) is 0.241. The zero-order valence-corrected chi connectivity index (χ0v) is 21.8. The van der Waals surface area contributed by atoms with Crippen LogP contribution in [-0.2, 0) is 22.4 Å². The molecule has 0 saturated carbocycles. The van der Waals surface area contributed by atoms with E-state index in [0.29, 0.717) is 5.56 Å². The Kier molecular flexibility index (Phi) is 10.3. The van der Waals surface area contributed by atoms with Crippen molar-refractivity contribution in [2.45, 2.75) is 26.2 Å². The Hall–Kier alpha value is -4.57. The highest BCUT2D eigenvalue weighted by Crippen LogP contribution is 2.26. The first-order valence-corrected chi connectivity index (χ1v) is 12.3. The Morgan fingerprint density at radius 3 is 2.21 bits per heavy atom. The van der Waals surface area contributed by atoms with Gasteiger partial charge in [-0.2, -0.15) is 0 Å². The fourth-order valence-corrected chi connectivity index (χ4v) is 4.00. The van der Waals surface area contributed by atoms with Crippen LogP contribution < -0.4 is 5.32 Å². The summed E-state index contributed by atoms with van der Waals surface area (Å²) in [5.41, 5.74) is 5.89. The first kappa shape index (κ1) is 29.0. The van der Waals surface area contributed by atoms with Gasteiger partial charge in [0, 0.05) is 53.3 Å². The number of pyridine rings is 1. The van der Waals surface area contributed by atoms with Gasteiger partial charge >= 0.3 is 11.9 Å². The smallest absolute Gasteiger partial charge is 0.314 e. The van der Waals surface area contributed by atoms with Gasteiger partial charge in [0.1, 0.15) is 12.2 Å². The van der Waals surface area contributed by atoms with Crippen molar-refractivity contribution in [1.29, 1.82) is 0 Å². The average Bonchev–Trinajstić information content (AvgIpc) is 3.21. The number of hydrogen-bond donors (Lipinski definition) is 4. The lowest BCUT2D eigenvalue weighted by atomic mass is 10.1. The molecule has 0 fully saturated rings. The number of carboxylic acid groups (broad SMARTS) is 2. The highest BCUT2D eigenvalue weighted by Gasteiger charge is 2.12. The molecular formula is C29H31FN4O5. The minimum absolute atomic E-state index is 0.256. The van der Waals surface area contributed by atoms with E-state index in [0.717, 1.165) is 48.2 Å². The van der Waals surface area contributed by atoms with Crippen LogP contribution in [0.15, 0.2) is 67.0 Å². The zero-order valence-electron chi connectivity index (χ0n) is 21.8. The van der Waals surface area contributed by atoms with Crippen LogP contribution in [0.4, 0.5) is 10.1 Å². The van der Waals surface area contributed by atoms with E-state index in [1.54, 1.807) is 0 Å². The molecule has 10 heteroatoms. The molecule has 0 unspecified atom stereocenters. The first-order chi connectivity index (χ1) is 18.6. The molecule has 0 atom stereocenters. The Bertz CT molecular complexity index is 1410. The second-order valence-electron chi connectivity index (χ2n) is 9.07. The maximum Gasteiger partial charge on any atom is 0.314 e. The third-order valence-corrected chi connectivity index (χ3v) is 6.06. The van der Waals surface area contributed by atoms with Crippen molar-refractivity contribution >= 4 is 34.4 Å². The molecule has 4 aromatic rings. The summed E-state index contributed by atoms with van der Waals surface area (Å²) in [4.78, 5) is 41.2. The molecule has 0 saturated heterocycles. The summed E-state index contributed by atoms with van der Waals surface area (Å²) >= 11 is 0. The number of anilines is 1. The van der Waals surface area contributed by atoms with E-state index in [2.05, 4.69) is 46.3 Å². The van der Waals surface area contributed by atoms with E-state index in [1.165, 1.54) is 35.4 Å². The number of benzene rings is 2. The van der Waals surface area contributed by atoms with Crippen LogP contribution in [0.3, 0.4) is 0 Å². The molecule has 0 aliphatic carbocycles. The summed E-state index contributed by atoms with van der Waals surface area (Å²) in [5.74, 6) is -3.24. The van der Waals surface area contributed by atoms with Crippen LogP contribution >= 0.6 is 0 Å². The van der Waals surface area contributed by atoms with Gasteiger partial charge in [0.25, 0.3) is 5.91 Å². The predicted octanol–water partition coefficient (Wildman–Crippen LogP) is 4.53. The van der Waals surface area contributed by atoms with E-state index >= 15 is 0 Å². The number of carbonyl (C=O) groups excluding carboxylic acids is 1. The SMILES string of the molecule is Cc1[nH]c2ccc(NC(=O)c3ccc(F)cc3)cc2c1CCN(C)CCc1ccncc1.O=C(O)CC(=O)O. The summed E-state index contributed by atoms with van der Waals surface area (Å²) in [6.07, 6.45) is 4.76. The molecule has 2 heterocycles. The molecule has 0 aliphatic rings. The molecule has 4 rings (SSSR count). The van der Waals surface area contributed by atoms with E-state index < -0.39 is 18.4 Å². The van der Waals surface area contributed by atoms with Crippen molar-refractivity contribution in [3.8, 4) is 0 Å². The average molecular weight is 535 g/mol. The maximum atomic E-state index is 13.1. The van der Waals surface area contributed by atoms with Crippen molar-refractivity contribution in [2.24, 2.45) is 0 Å². The van der Waals surface area contributed by atoms with Crippen LogP contribution in [-0.4, -0.2) is 63.1 Å². The van der Waals surface area contributed by atoms with Gasteiger partial charge < -0.3 is 25.4 Å². The number of aliphatic carboxylic acids is 2. The monoisotopic (exact) mass is 534 g/mol. The van der Waals surface area contributed by atoms with Crippen molar-refractivity contribution in [3.05, 3.63) is 95.2 Å². The van der Waals surface area contributed by atoms with Crippen LogP contribution in [0, 0.1) is 12.7 Å². The lowest BCUT2D eigenvalue weighted by Gasteiger charge is -2.16. The predicted molar refractivity (Wildman–Crippen MR) is 146 cm³/mol. The highest BCUT2D eigenvalue weighted by molar-refractivity contribution is 6.05. The Morgan fingerprint density at radius 1 is 0.949 bits per heavy atom. The summed E-state index contributed by atoms with van der Waals surface area (Å²) in [6, 6.07) is 15.5. The van der Waals surface area contributed by atoms with Crippen molar-refractivity contribution in [1.82, 2.24) is 14.9 Å². The maximum absolute atomic E-state index is 13.1. The number of nitrogens with zero attached hydrogens (tertiary/aromatic N) is 2. The topological polar surface area (TPSA) is 136 Å². The molecule has 0 radical (unpaired) electrons. The number of carboxylic acids is 2. The Balaban J connectivity index is 0.000000532. The van der Waals surface area contributed by atoms with Gasteiger partial charge in [-0.25, -0.2) is 4.39 Å². The van der Waals surface area contributed by atoms with Gasteiger partial charge in [-0.05, 0) is 92.5 Å². The third-order valence-electron chi connectivity index (χ3n) is 6.06. The number of rotatable bonds is 10. The molecule has 9 nitrogen and oxygen atoms in total. The standard InChI is InChI=1S/C26H27FN4O.C3H4O4/c1-18-23(12-16-31(2)15-11-19-9-13-28-14-10-19)24-17-22(7-8-25(24)29-18)30-26(32)20-3-5-21(27)6-4-20;4-2(5)1-3(6)7/h3-10,13-14,17,29H,11-12,15-16H2,1-2H3,(H,30,32);1H2,(H,4,5)(H,6,7). The van der Waals surface area contributed by atoms with Gasteiger partial charge in [-0.15, -0.1) is 0 Å². The molecule has 0 bridgehead atoms. The van der Waals surface area contributed by atoms with Crippen LogP contribution in [0.2, 0.25) is 0 Å². The summed E-state index contributed by atoms with van der Waals surface area (Å²) in [7, 11) is 2.14. The van der Waals surface area contributed by atoms with E-state index in [-0.39, 0.29) is 11.7 Å². The number of nitrogens with one attached hydrogen (secondary N) is 2. The number of halogens is 1. The molecular weight excluding hydrogens is 503 g/mol. The normalized spacial score (nSPS) is 10.7. The van der Waals surface area contributed by atoms with Crippen LogP contribution in [0.1, 0.15) is 33.6 Å². The minimum atomic E-state index is -1.31. The summed E-state index contributed by atoms with van der Waals surface area (Å²) in [5, 5.41) is 19.4. The number of aromatic amines is 1. The van der Waals surface area contributed by atoms with Gasteiger partial charge in [0.15, 0.2) is 0 Å². The van der Waals surface area contributed by atoms with Crippen molar-refractivity contribution in [2.75, 3.05) is 25.5 Å². The van der Waals surface area contributed by atoms with Crippen LogP contribution in [0.5, 0.6) is 0 Å². The number of H-pyrrole nitrogens is 1. The van der Waals surface area contributed by atoms with Crippen molar-refractivity contribution in [3.63, 3.8) is 0 Å². The summed E-state index contributed by atoms with van der Waals surface area (Å²) < 4.78 is 13.1. The molecule has 204 valence electrons. The lowest BCUT2D eigenvalue weighted by Crippen LogP contribution is -2.24. The Morgan fingerprint density at radius 2 is 1.59 bits per heavy atom. The molecule has 1 amide bonds. The number of carbonyl (C=O) groups is 3. The Labute approximate surface area is 225 Å². The van der Waals surface area contributed by atoms with Gasteiger partial charge in [-0.3, -0.25) is 19.4 Å². The van der Waals surface area contributed by atoms with E-state index in [1.807, 2.05) is 30.6 Å². The molecule has 4 N–H and O–H groups in total. The zero-order chi connectivity index (χ0) is 28.4. The van der Waals surface area contributed by atoms with Crippen molar-refractivity contribution < 1.29 is 29.0 Å². The molecule has 2 aromatic carbocycles. The highest BCUT2D eigenvalue weighted by atomic mass is 19.1. The van der Waals surface area contributed by atoms with Gasteiger partial charge in [0.2, 0.25) is 0 Å². The molecule has 0 aliphatic heterocycles. The second-order valence-corrected chi connectivity index (χ2v) is 9.07.